The van der Waals surface area contributed by atoms with Gasteiger partial charge in [-0.25, -0.2) is 15.6 Å². The van der Waals surface area contributed by atoms with Crippen LogP contribution in [0, 0.1) is 0 Å². The largest absolute Gasteiger partial charge is 0.497 e. The summed E-state index contributed by atoms with van der Waals surface area (Å²) in [7, 11) is 1.53. The van der Waals surface area contributed by atoms with Crippen LogP contribution >= 0.6 is 11.6 Å². The van der Waals surface area contributed by atoms with Crippen molar-refractivity contribution in [1.82, 2.24) is 10.9 Å². The molecule has 0 aliphatic carbocycles. The molecule has 0 amide bonds. The molecule has 7 nitrogen and oxygen atoms in total. The van der Waals surface area contributed by atoms with E-state index in [1.165, 1.54) is 13.2 Å². The van der Waals surface area contributed by atoms with Crippen LogP contribution in [0.4, 0.5) is 0 Å². The molecule has 2 aromatic carbocycles. The van der Waals surface area contributed by atoms with Crippen molar-refractivity contribution in [3.05, 3.63) is 75.1 Å². The highest BCUT2D eigenvalue weighted by Gasteiger charge is 2.31. The second-order valence-electron chi connectivity index (χ2n) is 6.74. The number of nitrogens with one attached hydrogen (secondary N) is 2. The Morgan fingerprint density at radius 2 is 1.97 bits per heavy atom. The Bertz CT molecular complexity index is 1100. The molecule has 1 saturated heterocycles. The summed E-state index contributed by atoms with van der Waals surface area (Å²) in [6.07, 6.45) is 0.537. The molecule has 29 heavy (non-hydrogen) atoms. The number of hydrogen-bond acceptors (Lipinski definition) is 7. The number of hydrogen-bond donors (Lipinski definition) is 2. The molecule has 4 rings (SSSR count). The van der Waals surface area contributed by atoms with Crippen LogP contribution in [0.15, 0.2) is 57.7 Å². The number of esters is 1. The molecule has 1 fully saturated rings. The van der Waals surface area contributed by atoms with E-state index in [0.717, 1.165) is 5.56 Å². The van der Waals surface area contributed by atoms with Gasteiger partial charge in [0.05, 0.1) is 7.11 Å². The number of methoxy groups -OCH3 is 1. The molecule has 0 radical (unpaired) electrons. The number of ether oxygens (including phenoxy) is 2. The second kappa shape index (κ2) is 8.24. The highest BCUT2D eigenvalue weighted by molar-refractivity contribution is 6.30. The van der Waals surface area contributed by atoms with Crippen molar-refractivity contribution in [2.24, 2.45) is 0 Å². The van der Waals surface area contributed by atoms with E-state index in [-0.39, 0.29) is 12.6 Å². The molecule has 0 bridgehead atoms. The molecular formula is C21H19ClN2O5. The van der Waals surface area contributed by atoms with Crippen LogP contribution in [-0.4, -0.2) is 19.1 Å². The normalized spacial score (nSPS) is 18.7. The smallest absolute Gasteiger partial charge is 0.336 e. The van der Waals surface area contributed by atoms with Crippen LogP contribution in [0.25, 0.3) is 11.0 Å². The summed E-state index contributed by atoms with van der Waals surface area (Å²) in [5.74, 6) is 0.174. The van der Waals surface area contributed by atoms with Crippen molar-refractivity contribution in [2.45, 2.75) is 25.1 Å². The predicted octanol–water partition coefficient (Wildman–Crippen LogP) is 3.11. The summed E-state index contributed by atoms with van der Waals surface area (Å²) in [4.78, 5) is 24.4. The minimum Gasteiger partial charge on any atom is -0.497 e. The molecule has 2 unspecified atom stereocenters. The second-order valence-corrected chi connectivity index (χ2v) is 7.18. The van der Waals surface area contributed by atoms with Gasteiger partial charge in [-0.2, -0.15) is 0 Å². The van der Waals surface area contributed by atoms with E-state index in [1.807, 2.05) is 24.3 Å². The Kier molecular flexibility index (Phi) is 5.53. The summed E-state index contributed by atoms with van der Waals surface area (Å²) in [5.41, 5.74) is 7.53. The van der Waals surface area contributed by atoms with Crippen LogP contribution in [0.1, 0.15) is 23.6 Å². The minimum atomic E-state index is -0.514. The maximum absolute atomic E-state index is 12.5. The predicted molar refractivity (Wildman–Crippen MR) is 108 cm³/mol. The highest BCUT2D eigenvalue weighted by atomic mass is 35.5. The van der Waals surface area contributed by atoms with Gasteiger partial charge in [0.25, 0.3) is 0 Å². The van der Waals surface area contributed by atoms with Crippen molar-refractivity contribution in [1.29, 1.82) is 0 Å². The third kappa shape index (κ3) is 4.27. The summed E-state index contributed by atoms with van der Waals surface area (Å²) in [6.45, 7) is -0.0307. The lowest BCUT2D eigenvalue weighted by Gasteiger charge is -2.11. The zero-order chi connectivity index (χ0) is 20.4. The molecule has 2 atom stereocenters. The van der Waals surface area contributed by atoms with Gasteiger partial charge in [0, 0.05) is 34.1 Å². The van der Waals surface area contributed by atoms with E-state index in [4.69, 9.17) is 25.5 Å². The molecule has 0 spiro atoms. The molecule has 0 saturated carbocycles. The number of fused-ring (bicyclic) bond motifs is 1. The average molecular weight is 415 g/mol. The number of halogens is 1. The van der Waals surface area contributed by atoms with Gasteiger partial charge in [-0.05, 0) is 36.2 Å². The maximum Gasteiger partial charge on any atom is 0.336 e. The molecule has 8 heteroatoms. The third-order valence-electron chi connectivity index (χ3n) is 4.87. The zero-order valence-electron chi connectivity index (χ0n) is 15.6. The number of benzene rings is 2. The molecule has 1 aliphatic heterocycles. The first-order valence-electron chi connectivity index (χ1n) is 9.07. The van der Waals surface area contributed by atoms with Crippen molar-refractivity contribution in [3.63, 3.8) is 0 Å². The van der Waals surface area contributed by atoms with Crippen LogP contribution in [0.2, 0.25) is 5.02 Å². The van der Waals surface area contributed by atoms with E-state index in [2.05, 4.69) is 10.9 Å². The standard InChI is InChI=1S/C21H19ClN2O5/c1-27-15-6-7-16-13(8-20(25)29-19(16)9-15)11-28-21(26)18-10-17(23-24-18)12-2-4-14(22)5-3-12/h2-9,17-18,23-24H,10-11H2,1H3. The molecule has 3 aromatic rings. The molecule has 150 valence electrons. The minimum absolute atomic E-state index is 0.0260. The number of carbonyl (C=O) groups is 1. The van der Waals surface area contributed by atoms with Gasteiger partial charge in [0.1, 0.15) is 24.0 Å². The van der Waals surface area contributed by atoms with Crippen LogP contribution < -0.4 is 21.2 Å². The van der Waals surface area contributed by atoms with Crippen molar-refractivity contribution in [2.75, 3.05) is 7.11 Å². The van der Waals surface area contributed by atoms with E-state index >= 15 is 0 Å². The Labute approximate surface area is 171 Å². The van der Waals surface area contributed by atoms with Crippen LogP contribution in [0.5, 0.6) is 5.75 Å². The van der Waals surface area contributed by atoms with Crippen molar-refractivity contribution >= 4 is 28.5 Å². The molecule has 1 aliphatic rings. The summed E-state index contributed by atoms with van der Waals surface area (Å²) >= 11 is 5.92. The third-order valence-corrected chi connectivity index (χ3v) is 5.12. The molecular weight excluding hydrogens is 396 g/mol. The Hall–Kier alpha value is -2.87. The summed E-state index contributed by atoms with van der Waals surface area (Å²) < 4.78 is 15.8. The van der Waals surface area contributed by atoms with Crippen LogP contribution in [0.3, 0.4) is 0 Å². The maximum atomic E-state index is 12.5. The lowest BCUT2D eigenvalue weighted by molar-refractivity contribution is -0.147. The molecule has 2 heterocycles. The van der Waals surface area contributed by atoms with Crippen molar-refractivity contribution in [3.8, 4) is 5.75 Å². The Balaban J connectivity index is 1.43. The van der Waals surface area contributed by atoms with Gasteiger partial charge in [0.15, 0.2) is 0 Å². The first-order chi connectivity index (χ1) is 14.0. The Morgan fingerprint density at radius 3 is 2.72 bits per heavy atom. The van der Waals surface area contributed by atoms with Gasteiger partial charge in [-0.1, -0.05) is 23.7 Å². The average Bonchev–Trinajstić information content (AvgIpc) is 3.22. The van der Waals surface area contributed by atoms with Gasteiger partial charge in [-0.3, -0.25) is 4.79 Å². The fourth-order valence-corrected chi connectivity index (χ4v) is 3.46. The molecule has 2 N–H and O–H groups in total. The van der Waals surface area contributed by atoms with Crippen LogP contribution in [-0.2, 0) is 16.1 Å². The lowest BCUT2D eigenvalue weighted by atomic mass is 10.0. The fourth-order valence-electron chi connectivity index (χ4n) is 3.33. The summed E-state index contributed by atoms with van der Waals surface area (Å²) in [6, 6.07) is 13.4. The zero-order valence-corrected chi connectivity index (χ0v) is 16.4. The lowest BCUT2D eigenvalue weighted by Crippen LogP contribution is -2.37. The Morgan fingerprint density at radius 1 is 1.17 bits per heavy atom. The fraction of sp³-hybridized carbons (Fsp3) is 0.238. The van der Waals surface area contributed by atoms with E-state index in [1.54, 1.807) is 18.2 Å². The SMILES string of the molecule is COc1ccc2c(COC(=O)C3CC(c4ccc(Cl)cc4)NN3)cc(=O)oc2c1. The van der Waals surface area contributed by atoms with E-state index in [0.29, 0.717) is 33.7 Å². The van der Waals surface area contributed by atoms with E-state index in [9.17, 15) is 9.59 Å². The number of rotatable bonds is 5. The topological polar surface area (TPSA) is 89.8 Å². The van der Waals surface area contributed by atoms with E-state index < -0.39 is 17.6 Å². The first-order valence-corrected chi connectivity index (χ1v) is 9.45. The van der Waals surface area contributed by atoms with Gasteiger partial charge >= 0.3 is 11.6 Å². The van der Waals surface area contributed by atoms with Gasteiger partial charge in [-0.15, -0.1) is 0 Å². The summed E-state index contributed by atoms with van der Waals surface area (Å²) in [5, 5.41) is 1.35. The number of hydrazine groups is 1. The van der Waals surface area contributed by atoms with Crippen molar-refractivity contribution < 1.29 is 18.7 Å². The first kappa shape index (κ1) is 19.4. The monoisotopic (exact) mass is 414 g/mol. The molecule has 1 aromatic heterocycles. The quantitative estimate of drug-likeness (QED) is 0.489. The van der Waals surface area contributed by atoms with Gasteiger partial charge in [0.2, 0.25) is 0 Å². The number of carbonyl (C=O) groups excluding carboxylic acids is 1. The highest BCUT2D eigenvalue weighted by Crippen LogP contribution is 2.25. The van der Waals surface area contributed by atoms with Gasteiger partial charge < -0.3 is 13.9 Å².